The van der Waals surface area contributed by atoms with Crippen LogP contribution in [0, 0.1) is 0 Å². The summed E-state index contributed by atoms with van der Waals surface area (Å²) >= 11 is 2.03. The van der Waals surface area contributed by atoms with E-state index < -0.39 is 0 Å². The maximum Gasteiger partial charge on any atom is 0.321 e. The first kappa shape index (κ1) is 12.0. The van der Waals surface area contributed by atoms with Crippen LogP contribution in [-0.4, -0.2) is 34.3 Å². The molecule has 108 valence electrons. The Hall–Kier alpha value is -2.80. The summed E-state index contributed by atoms with van der Waals surface area (Å²) in [7, 11) is 0. The van der Waals surface area contributed by atoms with Crippen LogP contribution >= 0.6 is 22.7 Å². The molecule has 0 aliphatic heterocycles. The molecule has 0 aliphatic carbocycles. The minimum atomic E-state index is -0.323. The smallest absolute Gasteiger partial charge is 0.321 e. The zero-order valence-corrected chi connectivity index (χ0v) is 11.7. The van der Waals surface area contributed by atoms with E-state index in [9.17, 15) is 9.90 Å². The van der Waals surface area contributed by atoms with Crippen molar-refractivity contribution in [1.29, 1.82) is 0 Å². The van der Waals surface area contributed by atoms with Gasteiger partial charge in [-0.15, -0.1) is 5.10 Å². The predicted molar refractivity (Wildman–Crippen MR) is 78.3 cm³/mol. The molecule has 4 aromatic heterocycles. The zero-order chi connectivity index (χ0) is 14.7. The van der Waals surface area contributed by atoms with Gasteiger partial charge in [-0.05, 0) is 11.3 Å². The lowest BCUT2D eigenvalue weighted by Gasteiger charge is -1.99. The number of rotatable bonds is 2. The Morgan fingerprint density at radius 3 is 2.81 bits per heavy atom. The Bertz CT molecular complexity index is 1030. The highest BCUT2D eigenvalue weighted by Crippen LogP contribution is 2.29. The van der Waals surface area contributed by atoms with E-state index in [-0.39, 0.29) is 28.5 Å². The molecule has 0 atom stereocenters. The van der Waals surface area contributed by atoms with Crippen LogP contribution in [0.3, 0.4) is 0 Å². The van der Waals surface area contributed by atoms with Crippen molar-refractivity contribution >= 4 is 55.2 Å². The van der Waals surface area contributed by atoms with E-state index in [1.54, 1.807) is 0 Å². The van der Waals surface area contributed by atoms with Crippen LogP contribution in [0.4, 0.5) is 22.8 Å². The highest BCUT2D eigenvalue weighted by Gasteiger charge is 2.18. The summed E-state index contributed by atoms with van der Waals surface area (Å²) in [4.78, 5) is 19.9. The predicted octanol–water partition coefficient (Wildman–Crippen LogP) is -0.198. The fourth-order valence-electron chi connectivity index (χ4n) is 1.88. The van der Waals surface area contributed by atoms with Gasteiger partial charge in [-0.3, -0.25) is 10.1 Å². The number of fused-ring (bicyclic) bond motifs is 2. The fourth-order valence-corrected chi connectivity index (χ4v) is 3.23. The number of anilines is 4. The van der Waals surface area contributed by atoms with E-state index in [2.05, 4.69) is 25.5 Å². The number of hydrogen-bond acceptors (Lipinski definition) is 10. The summed E-state index contributed by atoms with van der Waals surface area (Å²) in [6.07, 6.45) is 0. The van der Waals surface area contributed by atoms with Crippen LogP contribution in [0.25, 0.3) is 9.66 Å². The number of nitrogen functional groups attached to an aromatic ring is 2. The second kappa shape index (κ2) is 3.86. The summed E-state index contributed by atoms with van der Waals surface area (Å²) in [5.41, 5.74) is 11.4. The SMILES string of the molecule is Nc1nn2c(Nc3nc(O)c4sc(=O)[nH]n34)nc(N)c2s1. The van der Waals surface area contributed by atoms with Gasteiger partial charge >= 0.3 is 4.87 Å². The highest BCUT2D eigenvalue weighted by molar-refractivity contribution is 7.21. The van der Waals surface area contributed by atoms with Crippen molar-refractivity contribution in [1.82, 2.24) is 29.2 Å². The van der Waals surface area contributed by atoms with Gasteiger partial charge in [0.2, 0.25) is 17.0 Å². The number of aromatic amines is 1. The second-order valence-electron chi connectivity index (χ2n) is 4.00. The molecule has 0 fully saturated rings. The average Bonchev–Trinajstić information content (AvgIpc) is 3.10. The summed E-state index contributed by atoms with van der Waals surface area (Å²) in [5.74, 6) is 0.454. The van der Waals surface area contributed by atoms with Crippen LogP contribution in [-0.2, 0) is 0 Å². The van der Waals surface area contributed by atoms with Crippen LogP contribution in [0.15, 0.2) is 4.79 Å². The Labute approximate surface area is 122 Å². The number of hydrogen-bond donors (Lipinski definition) is 5. The van der Waals surface area contributed by atoms with Crippen molar-refractivity contribution in [3.8, 4) is 5.88 Å². The molecular weight excluding hydrogens is 318 g/mol. The van der Waals surface area contributed by atoms with Gasteiger partial charge in [0, 0.05) is 0 Å². The monoisotopic (exact) mass is 325 g/mol. The van der Waals surface area contributed by atoms with Crippen molar-refractivity contribution < 1.29 is 5.11 Å². The quantitative estimate of drug-likeness (QED) is 0.338. The molecule has 0 saturated heterocycles. The number of aromatic nitrogens is 6. The molecule has 0 unspecified atom stereocenters. The molecule has 7 N–H and O–H groups in total. The zero-order valence-electron chi connectivity index (χ0n) is 10.1. The van der Waals surface area contributed by atoms with E-state index in [0.717, 1.165) is 11.3 Å². The third kappa shape index (κ3) is 1.64. The van der Waals surface area contributed by atoms with E-state index >= 15 is 0 Å². The molecule has 0 radical (unpaired) electrons. The molecule has 0 amide bonds. The van der Waals surface area contributed by atoms with Crippen molar-refractivity contribution in [3.05, 3.63) is 9.67 Å². The number of nitrogens with one attached hydrogen (secondary N) is 2. The van der Waals surface area contributed by atoms with E-state index in [1.165, 1.54) is 20.4 Å². The molecule has 0 bridgehead atoms. The number of aromatic hydroxyl groups is 1. The van der Waals surface area contributed by atoms with Gasteiger partial charge in [-0.25, -0.2) is 9.61 Å². The van der Waals surface area contributed by atoms with Crippen molar-refractivity contribution in [2.45, 2.75) is 0 Å². The topological polar surface area (TPSA) is 165 Å². The van der Waals surface area contributed by atoms with E-state index in [0.29, 0.717) is 14.8 Å². The number of H-pyrrole nitrogens is 1. The maximum absolute atomic E-state index is 11.3. The van der Waals surface area contributed by atoms with E-state index in [1.807, 2.05) is 0 Å². The Morgan fingerprint density at radius 1 is 1.19 bits per heavy atom. The lowest BCUT2D eigenvalue weighted by Crippen LogP contribution is -2.05. The normalized spacial score (nSPS) is 11.6. The molecule has 0 spiro atoms. The number of nitrogens with zero attached hydrogens (tertiary/aromatic N) is 5. The summed E-state index contributed by atoms with van der Waals surface area (Å²) in [6.45, 7) is 0. The molecule has 0 aliphatic rings. The van der Waals surface area contributed by atoms with Gasteiger partial charge in [0.1, 0.15) is 0 Å². The first-order chi connectivity index (χ1) is 10.0. The van der Waals surface area contributed by atoms with E-state index in [4.69, 9.17) is 11.5 Å². The second-order valence-corrected chi connectivity index (χ2v) is 5.97. The Kier molecular flexibility index (Phi) is 2.20. The third-order valence-corrected chi connectivity index (χ3v) is 4.37. The third-order valence-electron chi connectivity index (χ3n) is 2.67. The first-order valence-corrected chi connectivity index (χ1v) is 7.14. The van der Waals surface area contributed by atoms with Crippen molar-refractivity contribution in [2.75, 3.05) is 16.8 Å². The maximum atomic E-state index is 11.3. The van der Waals surface area contributed by atoms with Crippen LogP contribution < -0.4 is 21.7 Å². The molecule has 4 heterocycles. The van der Waals surface area contributed by atoms with Gasteiger partial charge in [0.05, 0.1) is 0 Å². The summed E-state index contributed by atoms with van der Waals surface area (Å²) in [5, 5.41) is 19.5. The first-order valence-electron chi connectivity index (χ1n) is 5.51. The van der Waals surface area contributed by atoms with Crippen molar-refractivity contribution in [2.24, 2.45) is 0 Å². The summed E-state index contributed by atoms with van der Waals surface area (Å²) in [6, 6.07) is 0. The lowest BCUT2D eigenvalue weighted by molar-refractivity contribution is 0.464. The molecular formula is C8H7N9O2S2. The molecule has 11 nitrogen and oxygen atoms in total. The minimum Gasteiger partial charge on any atom is -0.491 e. The standard InChI is InChI=1S/C8H7N9O2S2/c9-1-3-16(14-5(10)20-3)6(11-1)13-7-12-2(18)4-17(7)15-8(19)21-4/h18H,9H2,(H2,10,14)(H,15,19)(H,11,12,13). The molecule has 0 saturated carbocycles. The van der Waals surface area contributed by atoms with Crippen LogP contribution in [0.1, 0.15) is 0 Å². The summed E-state index contributed by atoms with van der Waals surface area (Å²) < 4.78 is 2.74. The van der Waals surface area contributed by atoms with Gasteiger partial charge < -0.3 is 16.6 Å². The molecule has 4 aromatic rings. The minimum absolute atomic E-state index is 0.180. The Morgan fingerprint density at radius 2 is 2.00 bits per heavy atom. The largest absolute Gasteiger partial charge is 0.491 e. The molecule has 0 aromatic carbocycles. The fraction of sp³-hybridized carbons (Fsp3) is 0. The van der Waals surface area contributed by atoms with Crippen LogP contribution in [0.2, 0.25) is 0 Å². The van der Waals surface area contributed by atoms with Gasteiger partial charge in [0.15, 0.2) is 15.5 Å². The highest BCUT2D eigenvalue weighted by atomic mass is 32.1. The van der Waals surface area contributed by atoms with Gasteiger partial charge in [-0.2, -0.15) is 14.5 Å². The lowest BCUT2D eigenvalue weighted by atomic mass is 10.8. The Balaban J connectivity index is 1.88. The van der Waals surface area contributed by atoms with Gasteiger partial charge in [-0.1, -0.05) is 11.3 Å². The molecule has 4 rings (SSSR count). The van der Waals surface area contributed by atoms with Crippen LogP contribution in [0.5, 0.6) is 5.88 Å². The molecule has 21 heavy (non-hydrogen) atoms. The molecule has 13 heteroatoms. The van der Waals surface area contributed by atoms with Gasteiger partial charge in [0.25, 0.3) is 5.88 Å². The van der Waals surface area contributed by atoms with Crippen molar-refractivity contribution in [3.63, 3.8) is 0 Å². The number of nitrogens with two attached hydrogens (primary N) is 2. The number of imidazole rings is 2. The average molecular weight is 325 g/mol.